The highest BCUT2D eigenvalue weighted by molar-refractivity contribution is 6.00. The van der Waals surface area contributed by atoms with Crippen molar-refractivity contribution in [2.45, 2.75) is 50.3 Å². The normalized spacial score (nSPS) is 37.1. The van der Waals surface area contributed by atoms with Gasteiger partial charge >= 0.3 is 0 Å². The third kappa shape index (κ3) is 2.65. The summed E-state index contributed by atoms with van der Waals surface area (Å²) in [5.41, 5.74) is 0. The second-order valence-corrected chi connectivity index (χ2v) is 4.58. The van der Waals surface area contributed by atoms with Gasteiger partial charge in [0.1, 0.15) is 12.2 Å². The maximum absolute atomic E-state index is 11.8. The lowest BCUT2D eigenvalue weighted by atomic mass is 9.97. The van der Waals surface area contributed by atoms with Crippen molar-refractivity contribution in [3.8, 4) is 23.7 Å². The molecule has 0 aromatic carbocycles. The Hall–Kier alpha value is -1.37. The Morgan fingerprint density at radius 1 is 1.32 bits per heavy atom. The molecule has 5 nitrogen and oxygen atoms in total. The van der Waals surface area contributed by atoms with Crippen molar-refractivity contribution >= 4 is 5.78 Å². The first-order valence-corrected chi connectivity index (χ1v) is 6.25. The van der Waals surface area contributed by atoms with Crippen molar-refractivity contribution < 1.29 is 24.5 Å². The minimum Gasteiger partial charge on any atom is -0.387 e. The van der Waals surface area contributed by atoms with Gasteiger partial charge in [0.05, 0.1) is 6.61 Å². The van der Waals surface area contributed by atoms with Gasteiger partial charge in [0.25, 0.3) is 0 Å². The smallest absolute Gasteiger partial charge is 0.238 e. The van der Waals surface area contributed by atoms with Crippen LogP contribution in [0.3, 0.4) is 0 Å². The molecule has 2 heterocycles. The van der Waals surface area contributed by atoms with Crippen molar-refractivity contribution in [1.29, 1.82) is 0 Å². The third-order valence-electron chi connectivity index (χ3n) is 3.31. The molecule has 2 aliphatic heterocycles. The van der Waals surface area contributed by atoms with Gasteiger partial charge < -0.3 is 19.7 Å². The number of aliphatic hydroxyl groups excluding tert-OH is 2. The minimum atomic E-state index is -1.32. The number of carbonyl (C=O) groups is 1. The van der Waals surface area contributed by atoms with Crippen molar-refractivity contribution in [3.05, 3.63) is 0 Å². The average Bonchev–Trinajstić information content (AvgIpc) is 2.66. The highest BCUT2D eigenvalue weighted by Gasteiger charge is 2.57. The summed E-state index contributed by atoms with van der Waals surface area (Å²) < 4.78 is 10.9. The predicted octanol–water partition coefficient (Wildman–Crippen LogP) is -0.400. The quantitative estimate of drug-likeness (QED) is 0.498. The molecular formula is C14H16O5. The van der Waals surface area contributed by atoms with E-state index in [1.165, 1.54) is 0 Å². The number of ether oxygens (including phenoxy) is 2. The summed E-state index contributed by atoms with van der Waals surface area (Å²) in [5, 5.41) is 20.0. The Kier molecular flexibility index (Phi) is 4.24. The Morgan fingerprint density at radius 2 is 2.11 bits per heavy atom. The zero-order chi connectivity index (χ0) is 13.9. The first-order chi connectivity index (χ1) is 9.10. The van der Waals surface area contributed by atoms with Crippen molar-refractivity contribution in [2.24, 2.45) is 0 Å². The summed E-state index contributed by atoms with van der Waals surface area (Å²) in [6.07, 6.45) is -1.60. The Morgan fingerprint density at radius 3 is 2.74 bits per heavy atom. The number of aliphatic hydroxyl groups is 2. The number of rotatable bonds is 1. The van der Waals surface area contributed by atoms with Crippen molar-refractivity contribution in [3.63, 3.8) is 0 Å². The number of ketones is 1. The van der Waals surface area contributed by atoms with Crippen LogP contribution in [0.15, 0.2) is 0 Å². The average molecular weight is 264 g/mol. The van der Waals surface area contributed by atoms with Gasteiger partial charge in [-0.3, -0.25) is 4.79 Å². The van der Waals surface area contributed by atoms with Crippen LogP contribution in [-0.4, -0.2) is 46.7 Å². The van der Waals surface area contributed by atoms with E-state index in [0.29, 0.717) is 13.0 Å². The predicted molar refractivity (Wildman–Crippen MR) is 65.7 cm³/mol. The number of Topliss-reactive ketones (excluding diaryl/α,β-unsaturated/α-hetero) is 1. The van der Waals surface area contributed by atoms with E-state index < -0.39 is 29.9 Å². The monoisotopic (exact) mass is 264 g/mol. The first-order valence-electron chi connectivity index (χ1n) is 6.25. The van der Waals surface area contributed by atoms with Gasteiger partial charge in [-0.15, -0.1) is 0 Å². The standard InChI is InChI=1S/C14H16O5/c1-2-3-4-7-10(15)12-11(16)13(17)14(19-12)8-5-6-9-18-14/h11-13,16-17H,5-6,8-9H2,1H3/t11-,12-,13-,14-/m1/s1. The molecule has 0 saturated carbocycles. The molecule has 2 rings (SSSR count). The molecule has 2 N–H and O–H groups in total. The Labute approximate surface area is 111 Å². The van der Waals surface area contributed by atoms with E-state index in [9.17, 15) is 15.0 Å². The van der Waals surface area contributed by atoms with Gasteiger partial charge in [0.15, 0.2) is 11.9 Å². The lowest BCUT2D eigenvalue weighted by Gasteiger charge is -2.35. The fourth-order valence-electron chi connectivity index (χ4n) is 2.33. The summed E-state index contributed by atoms with van der Waals surface area (Å²) in [6, 6.07) is 0. The highest BCUT2D eigenvalue weighted by Crippen LogP contribution is 2.39. The molecule has 0 radical (unpaired) electrons. The molecule has 2 aliphatic rings. The van der Waals surface area contributed by atoms with Crippen LogP contribution >= 0.6 is 0 Å². The molecule has 19 heavy (non-hydrogen) atoms. The van der Waals surface area contributed by atoms with Crippen LogP contribution in [0.25, 0.3) is 0 Å². The first kappa shape index (κ1) is 14.0. The maximum atomic E-state index is 11.8. The number of carbonyl (C=O) groups excluding carboxylic acids is 1. The van der Waals surface area contributed by atoms with Crippen LogP contribution in [0.1, 0.15) is 26.2 Å². The zero-order valence-electron chi connectivity index (χ0n) is 10.7. The minimum absolute atomic E-state index is 0.442. The lowest BCUT2D eigenvalue weighted by molar-refractivity contribution is -0.272. The van der Waals surface area contributed by atoms with Crippen LogP contribution in [0.5, 0.6) is 0 Å². The molecule has 0 bridgehead atoms. The van der Waals surface area contributed by atoms with E-state index in [0.717, 1.165) is 12.8 Å². The summed E-state index contributed by atoms with van der Waals surface area (Å²) in [5.74, 6) is 7.76. The van der Waals surface area contributed by atoms with Gasteiger partial charge in [-0.05, 0) is 37.5 Å². The lowest BCUT2D eigenvalue weighted by Crippen LogP contribution is -2.47. The molecule has 2 fully saturated rings. The van der Waals surface area contributed by atoms with E-state index in [1.54, 1.807) is 6.92 Å². The third-order valence-corrected chi connectivity index (χ3v) is 3.31. The van der Waals surface area contributed by atoms with E-state index in [4.69, 9.17) is 9.47 Å². The maximum Gasteiger partial charge on any atom is 0.238 e. The number of hydrogen-bond donors (Lipinski definition) is 2. The molecule has 0 amide bonds. The molecule has 0 aliphatic carbocycles. The molecule has 4 atom stereocenters. The van der Waals surface area contributed by atoms with Crippen LogP contribution in [0.4, 0.5) is 0 Å². The molecular weight excluding hydrogens is 248 g/mol. The van der Waals surface area contributed by atoms with Crippen LogP contribution in [0, 0.1) is 23.7 Å². The fraction of sp³-hybridized carbons (Fsp3) is 0.643. The van der Waals surface area contributed by atoms with Gasteiger partial charge in [0.2, 0.25) is 5.78 Å². The van der Waals surface area contributed by atoms with Crippen molar-refractivity contribution in [1.82, 2.24) is 0 Å². The van der Waals surface area contributed by atoms with Gasteiger partial charge in [0, 0.05) is 6.42 Å². The number of hydrogen-bond acceptors (Lipinski definition) is 5. The summed E-state index contributed by atoms with van der Waals surface area (Å²) in [7, 11) is 0. The summed E-state index contributed by atoms with van der Waals surface area (Å²) in [4.78, 5) is 11.8. The molecule has 5 heteroatoms. The fourth-order valence-corrected chi connectivity index (χ4v) is 2.33. The molecule has 0 aromatic heterocycles. The second kappa shape index (κ2) is 5.73. The molecule has 102 valence electrons. The second-order valence-electron chi connectivity index (χ2n) is 4.58. The SMILES string of the molecule is CC#CC#CC(=O)[C@H]1O[C@]2(CCCCO2)[C@H](O)[C@@H]1O. The van der Waals surface area contributed by atoms with Crippen LogP contribution < -0.4 is 0 Å². The van der Waals surface area contributed by atoms with Crippen LogP contribution in [0.2, 0.25) is 0 Å². The molecule has 2 saturated heterocycles. The van der Waals surface area contributed by atoms with E-state index in [2.05, 4.69) is 23.7 Å². The van der Waals surface area contributed by atoms with E-state index >= 15 is 0 Å². The topological polar surface area (TPSA) is 76.0 Å². The Bertz CT molecular complexity index is 470. The Balaban J connectivity index is 2.13. The van der Waals surface area contributed by atoms with Gasteiger partial charge in [-0.1, -0.05) is 5.92 Å². The largest absolute Gasteiger partial charge is 0.387 e. The van der Waals surface area contributed by atoms with Crippen molar-refractivity contribution in [2.75, 3.05) is 6.61 Å². The molecule has 0 unspecified atom stereocenters. The van der Waals surface area contributed by atoms with Gasteiger partial charge in [-0.25, -0.2) is 0 Å². The van der Waals surface area contributed by atoms with Gasteiger partial charge in [-0.2, -0.15) is 0 Å². The summed E-state index contributed by atoms with van der Waals surface area (Å²) >= 11 is 0. The van der Waals surface area contributed by atoms with E-state index in [-0.39, 0.29) is 0 Å². The highest BCUT2D eigenvalue weighted by atomic mass is 16.7. The zero-order valence-corrected chi connectivity index (χ0v) is 10.7. The molecule has 1 spiro atoms. The van der Waals surface area contributed by atoms with Crippen LogP contribution in [-0.2, 0) is 14.3 Å². The van der Waals surface area contributed by atoms with E-state index in [1.807, 2.05) is 0 Å². The molecule has 0 aromatic rings. The summed E-state index contributed by atoms with van der Waals surface area (Å²) in [6.45, 7) is 2.05.